The molecule has 1 amide bonds. The van der Waals surface area contributed by atoms with Gasteiger partial charge in [0.2, 0.25) is 0 Å². The van der Waals surface area contributed by atoms with Crippen LogP contribution >= 0.6 is 11.6 Å². The molecule has 0 spiro atoms. The highest BCUT2D eigenvalue weighted by Gasteiger charge is 2.30. The molecule has 2 heterocycles. The third-order valence-electron chi connectivity index (χ3n) is 3.89. The lowest BCUT2D eigenvalue weighted by molar-refractivity contribution is 0.0730. The fraction of sp³-hybridized carbons (Fsp3) is 0.294. The Hall–Kier alpha value is -1.87. The molecule has 0 radical (unpaired) electrons. The molecule has 1 aromatic heterocycles. The molecular weight excluding hydrogens is 284 g/mol. The Morgan fingerprint density at radius 2 is 2.10 bits per heavy atom. The summed E-state index contributed by atoms with van der Waals surface area (Å²) in [5, 5.41) is 0.548. The van der Waals surface area contributed by atoms with Gasteiger partial charge >= 0.3 is 0 Å². The number of aromatic nitrogens is 1. The molecule has 108 valence electrons. The first-order valence-corrected chi connectivity index (χ1v) is 7.58. The van der Waals surface area contributed by atoms with Crippen molar-refractivity contribution in [3.8, 4) is 0 Å². The van der Waals surface area contributed by atoms with E-state index >= 15 is 0 Å². The maximum atomic E-state index is 12.6. The van der Waals surface area contributed by atoms with Gasteiger partial charge in [0.25, 0.3) is 5.91 Å². The minimum atomic E-state index is -0.0177. The number of halogens is 1. The second-order valence-corrected chi connectivity index (χ2v) is 5.78. The van der Waals surface area contributed by atoms with Crippen LogP contribution < -0.4 is 0 Å². The number of hydrogen-bond donors (Lipinski definition) is 0. The molecule has 1 atom stereocenters. The molecule has 2 aromatic rings. The smallest absolute Gasteiger partial charge is 0.272 e. The Kier molecular flexibility index (Phi) is 4.20. The third kappa shape index (κ3) is 3.24. The zero-order chi connectivity index (χ0) is 14.7. The molecule has 21 heavy (non-hydrogen) atoms. The summed E-state index contributed by atoms with van der Waals surface area (Å²) < 4.78 is 0. The van der Waals surface area contributed by atoms with Crippen LogP contribution in [0, 0.1) is 0 Å². The Bertz CT molecular complexity index is 630. The molecule has 0 bridgehead atoms. The van der Waals surface area contributed by atoms with Gasteiger partial charge in [-0.05, 0) is 37.0 Å². The summed E-state index contributed by atoms with van der Waals surface area (Å²) in [6.45, 7) is 0.796. The van der Waals surface area contributed by atoms with Gasteiger partial charge in [0.15, 0.2) is 0 Å². The number of nitrogens with zero attached hydrogens (tertiary/aromatic N) is 2. The second kappa shape index (κ2) is 6.27. The van der Waals surface area contributed by atoms with E-state index in [2.05, 4.69) is 17.1 Å². The highest BCUT2D eigenvalue weighted by atomic mass is 35.5. The lowest BCUT2D eigenvalue weighted by atomic mass is 10.0. The number of pyridine rings is 1. The van der Waals surface area contributed by atoms with Crippen LogP contribution in [0.5, 0.6) is 0 Å². The standard InChI is InChI=1S/C17H17ClN2O/c18-14-8-9-19-16(12-14)17(21)20-10-4-7-15(20)11-13-5-2-1-3-6-13/h1-3,5-6,8-9,12,15H,4,7,10-11H2. The average Bonchev–Trinajstić information content (AvgIpc) is 2.95. The van der Waals surface area contributed by atoms with Gasteiger partial charge < -0.3 is 4.90 Å². The number of carbonyl (C=O) groups excluding carboxylic acids is 1. The molecule has 1 fully saturated rings. The Balaban J connectivity index is 1.76. The van der Waals surface area contributed by atoms with Crippen LogP contribution in [0.15, 0.2) is 48.7 Å². The van der Waals surface area contributed by atoms with Gasteiger partial charge in [-0.15, -0.1) is 0 Å². The van der Waals surface area contributed by atoms with Crippen molar-refractivity contribution in [1.82, 2.24) is 9.88 Å². The topological polar surface area (TPSA) is 33.2 Å². The average molecular weight is 301 g/mol. The molecular formula is C17H17ClN2O. The van der Waals surface area contributed by atoms with Gasteiger partial charge in [-0.1, -0.05) is 41.9 Å². The predicted octanol–water partition coefficient (Wildman–Crippen LogP) is 3.58. The first-order chi connectivity index (χ1) is 10.2. The number of rotatable bonds is 3. The monoisotopic (exact) mass is 300 g/mol. The van der Waals surface area contributed by atoms with E-state index in [-0.39, 0.29) is 11.9 Å². The van der Waals surface area contributed by atoms with E-state index in [0.29, 0.717) is 10.7 Å². The number of hydrogen-bond acceptors (Lipinski definition) is 2. The quantitative estimate of drug-likeness (QED) is 0.868. The summed E-state index contributed by atoms with van der Waals surface area (Å²) in [5.74, 6) is -0.0177. The predicted molar refractivity (Wildman–Crippen MR) is 83.5 cm³/mol. The molecule has 1 aliphatic rings. The molecule has 1 unspecified atom stereocenters. The fourth-order valence-corrected chi connectivity index (χ4v) is 3.03. The summed E-state index contributed by atoms with van der Waals surface area (Å²) in [6, 6.07) is 13.9. The molecule has 4 heteroatoms. The van der Waals surface area contributed by atoms with E-state index in [1.54, 1.807) is 18.3 Å². The maximum absolute atomic E-state index is 12.6. The molecule has 1 saturated heterocycles. The van der Waals surface area contributed by atoms with Gasteiger partial charge in [-0.3, -0.25) is 9.78 Å². The van der Waals surface area contributed by atoms with E-state index in [1.165, 1.54) is 5.56 Å². The Morgan fingerprint density at radius 3 is 2.86 bits per heavy atom. The van der Waals surface area contributed by atoms with Crippen LogP contribution in [-0.2, 0) is 6.42 Å². The van der Waals surface area contributed by atoms with Crippen molar-refractivity contribution < 1.29 is 4.79 Å². The molecule has 1 aliphatic heterocycles. The van der Waals surface area contributed by atoms with Crippen molar-refractivity contribution in [2.75, 3.05) is 6.54 Å². The second-order valence-electron chi connectivity index (χ2n) is 5.34. The van der Waals surface area contributed by atoms with Crippen molar-refractivity contribution >= 4 is 17.5 Å². The minimum absolute atomic E-state index is 0.0177. The fourth-order valence-electron chi connectivity index (χ4n) is 2.87. The number of amides is 1. The first kappa shape index (κ1) is 14.1. The normalized spacial score (nSPS) is 18.0. The van der Waals surface area contributed by atoms with Crippen LogP contribution in [0.4, 0.5) is 0 Å². The SMILES string of the molecule is O=C(c1cc(Cl)ccn1)N1CCCC1Cc1ccccc1. The molecule has 0 saturated carbocycles. The van der Waals surface area contributed by atoms with E-state index < -0.39 is 0 Å². The summed E-state index contributed by atoms with van der Waals surface area (Å²) in [6.07, 6.45) is 4.57. The van der Waals surface area contributed by atoms with Crippen LogP contribution in [-0.4, -0.2) is 28.4 Å². The lowest BCUT2D eigenvalue weighted by Gasteiger charge is -2.24. The van der Waals surface area contributed by atoms with Crippen molar-refractivity contribution in [3.63, 3.8) is 0 Å². The van der Waals surface area contributed by atoms with Crippen molar-refractivity contribution in [3.05, 3.63) is 64.9 Å². The van der Waals surface area contributed by atoms with Gasteiger partial charge in [0.05, 0.1) is 0 Å². The Labute approximate surface area is 129 Å². The number of carbonyl (C=O) groups is 1. The molecule has 3 rings (SSSR count). The lowest BCUT2D eigenvalue weighted by Crippen LogP contribution is -2.37. The van der Waals surface area contributed by atoms with Gasteiger partial charge in [0, 0.05) is 23.8 Å². The van der Waals surface area contributed by atoms with Gasteiger partial charge in [-0.25, -0.2) is 0 Å². The largest absolute Gasteiger partial charge is 0.334 e. The summed E-state index contributed by atoms with van der Waals surface area (Å²) in [7, 11) is 0. The van der Waals surface area contributed by atoms with Gasteiger partial charge in [0.1, 0.15) is 5.69 Å². The van der Waals surface area contributed by atoms with E-state index in [0.717, 1.165) is 25.8 Å². The first-order valence-electron chi connectivity index (χ1n) is 7.20. The van der Waals surface area contributed by atoms with E-state index in [9.17, 15) is 4.79 Å². The van der Waals surface area contributed by atoms with Crippen LogP contribution in [0.25, 0.3) is 0 Å². The highest BCUT2D eigenvalue weighted by molar-refractivity contribution is 6.30. The highest BCUT2D eigenvalue weighted by Crippen LogP contribution is 2.23. The van der Waals surface area contributed by atoms with Crippen molar-refractivity contribution in [2.24, 2.45) is 0 Å². The van der Waals surface area contributed by atoms with Crippen LogP contribution in [0.1, 0.15) is 28.9 Å². The van der Waals surface area contributed by atoms with Crippen molar-refractivity contribution in [2.45, 2.75) is 25.3 Å². The zero-order valence-corrected chi connectivity index (χ0v) is 12.5. The molecule has 3 nitrogen and oxygen atoms in total. The number of benzene rings is 1. The maximum Gasteiger partial charge on any atom is 0.272 e. The van der Waals surface area contributed by atoms with Crippen molar-refractivity contribution in [1.29, 1.82) is 0 Å². The molecule has 1 aromatic carbocycles. The number of likely N-dealkylation sites (tertiary alicyclic amines) is 1. The summed E-state index contributed by atoms with van der Waals surface area (Å²) in [5.41, 5.74) is 1.70. The zero-order valence-electron chi connectivity index (χ0n) is 11.7. The summed E-state index contributed by atoms with van der Waals surface area (Å²) >= 11 is 5.95. The van der Waals surface area contributed by atoms with Crippen LogP contribution in [0.3, 0.4) is 0 Å². The van der Waals surface area contributed by atoms with E-state index in [1.807, 2.05) is 23.1 Å². The van der Waals surface area contributed by atoms with Crippen LogP contribution in [0.2, 0.25) is 5.02 Å². The van der Waals surface area contributed by atoms with E-state index in [4.69, 9.17) is 11.6 Å². The molecule has 0 aliphatic carbocycles. The minimum Gasteiger partial charge on any atom is -0.334 e. The third-order valence-corrected chi connectivity index (χ3v) is 4.13. The molecule has 0 N–H and O–H groups in total. The Morgan fingerprint density at radius 1 is 1.29 bits per heavy atom. The summed E-state index contributed by atoms with van der Waals surface area (Å²) in [4.78, 5) is 18.7. The van der Waals surface area contributed by atoms with Gasteiger partial charge in [-0.2, -0.15) is 0 Å².